The highest BCUT2D eigenvalue weighted by atomic mass is 17.3. The third-order valence-corrected chi connectivity index (χ3v) is 12.5. The summed E-state index contributed by atoms with van der Waals surface area (Å²) in [5.74, 6) is 0.661. The quantitative estimate of drug-likeness (QED) is 0.419. The zero-order valence-corrected chi connectivity index (χ0v) is 24.3. The van der Waals surface area contributed by atoms with Crippen LogP contribution in [-0.4, -0.2) is 47.9 Å². The molecule has 0 aromatic rings. The second-order valence-electron chi connectivity index (χ2n) is 14.7. The van der Waals surface area contributed by atoms with E-state index in [0.717, 1.165) is 51.4 Å². The van der Waals surface area contributed by atoms with E-state index in [0.29, 0.717) is 23.7 Å². The van der Waals surface area contributed by atoms with Crippen molar-refractivity contribution in [2.24, 2.45) is 47.3 Å². The van der Waals surface area contributed by atoms with Gasteiger partial charge in [0, 0.05) is 36.5 Å². The standard InChI is InChI=1S/C30H46O9/c1-15-7-9-21-17(3)23(32-25-29(21)19(15)11-13-27(5,34-25)36-38-29)31-24-18(4)22-10-8-16(2)20-12-14-28(6)35-26(33-24)30(20,22)39-37-28/h15-26H,7-14H2,1-6H3/t15-,16-,17-,18-,19+,20+,21+,22+,23+,24+,25-,26-,27?,28?,29-,30-/m1/s1. The predicted octanol–water partition coefficient (Wildman–Crippen LogP) is 5.42. The summed E-state index contributed by atoms with van der Waals surface area (Å²) in [6.45, 7) is 13.0. The summed E-state index contributed by atoms with van der Waals surface area (Å²) in [6.07, 6.45) is 5.95. The molecule has 0 aromatic carbocycles. The first-order valence-corrected chi connectivity index (χ1v) is 15.6. The second-order valence-corrected chi connectivity index (χ2v) is 14.7. The highest BCUT2D eigenvalue weighted by Crippen LogP contribution is 2.63. The van der Waals surface area contributed by atoms with Crippen LogP contribution in [0.25, 0.3) is 0 Å². The van der Waals surface area contributed by atoms with Gasteiger partial charge >= 0.3 is 0 Å². The minimum Gasteiger partial charge on any atom is -0.323 e. The van der Waals surface area contributed by atoms with E-state index in [4.69, 9.17) is 43.2 Å². The first-order valence-electron chi connectivity index (χ1n) is 15.6. The molecule has 10 fully saturated rings. The molecule has 8 aliphatic heterocycles. The molecule has 2 unspecified atom stereocenters. The Bertz CT molecular complexity index is 919. The van der Waals surface area contributed by atoms with E-state index in [1.54, 1.807) is 0 Å². The number of rotatable bonds is 2. The molecular weight excluding hydrogens is 504 g/mol. The molecule has 2 aliphatic carbocycles. The van der Waals surface area contributed by atoms with Gasteiger partial charge in [-0.2, -0.15) is 0 Å². The number of fused-ring (bicyclic) bond motifs is 4. The van der Waals surface area contributed by atoms with Crippen molar-refractivity contribution < 1.29 is 43.2 Å². The lowest BCUT2D eigenvalue weighted by Gasteiger charge is -2.62. The highest BCUT2D eigenvalue weighted by molar-refractivity contribution is 5.11. The predicted molar refractivity (Wildman–Crippen MR) is 135 cm³/mol. The Morgan fingerprint density at radius 1 is 0.538 bits per heavy atom. The Balaban J connectivity index is 1.09. The van der Waals surface area contributed by atoms with Gasteiger partial charge in [-0.05, 0) is 76.0 Å². The van der Waals surface area contributed by atoms with Crippen LogP contribution >= 0.6 is 0 Å². The van der Waals surface area contributed by atoms with Crippen LogP contribution in [0, 0.1) is 47.3 Å². The summed E-state index contributed by atoms with van der Waals surface area (Å²) in [5.41, 5.74) is -1.21. The summed E-state index contributed by atoms with van der Waals surface area (Å²) >= 11 is 0. The lowest BCUT2D eigenvalue weighted by atomic mass is 9.58. The minimum absolute atomic E-state index is 0.0836. The fourth-order valence-corrected chi connectivity index (χ4v) is 10.2. The molecule has 10 aliphatic rings. The molecule has 0 amide bonds. The molecule has 8 heterocycles. The second kappa shape index (κ2) is 8.60. The molecule has 2 saturated carbocycles. The first kappa shape index (κ1) is 26.3. The first-order chi connectivity index (χ1) is 18.6. The van der Waals surface area contributed by atoms with Crippen LogP contribution < -0.4 is 0 Å². The van der Waals surface area contributed by atoms with Gasteiger partial charge in [0.05, 0.1) is 0 Å². The van der Waals surface area contributed by atoms with Gasteiger partial charge in [0.25, 0.3) is 0 Å². The molecule has 220 valence electrons. The number of hydrogen-bond donors (Lipinski definition) is 0. The fraction of sp³-hybridized carbons (Fsp3) is 1.00. The van der Waals surface area contributed by atoms with Gasteiger partial charge < -0.3 is 23.7 Å². The van der Waals surface area contributed by atoms with Crippen molar-refractivity contribution in [3.05, 3.63) is 0 Å². The van der Waals surface area contributed by atoms with Gasteiger partial charge in [0.2, 0.25) is 11.6 Å². The van der Waals surface area contributed by atoms with Crippen molar-refractivity contribution in [3.8, 4) is 0 Å². The fourth-order valence-electron chi connectivity index (χ4n) is 10.2. The Labute approximate surface area is 231 Å². The Morgan fingerprint density at radius 3 is 1.41 bits per heavy atom. The van der Waals surface area contributed by atoms with Crippen molar-refractivity contribution in [3.63, 3.8) is 0 Å². The molecule has 8 saturated heterocycles. The van der Waals surface area contributed by atoms with Gasteiger partial charge in [-0.1, -0.05) is 27.7 Å². The van der Waals surface area contributed by atoms with Gasteiger partial charge in [0.1, 0.15) is 0 Å². The van der Waals surface area contributed by atoms with Crippen molar-refractivity contribution in [1.82, 2.24) is 0 Å². The van der Waals surface area contributed by atoms with E-state index in [9.17, 15) is 0 Å². The topological polar surface area (TPSA) is 83.1 Å². The van der Waals surface area contributed by atoms with Gasteiger partial charge in [-0.25, -0.2) is 19.6 Å². The molecule has 0 N–H and O–H groups in total. The van der Waals surface area contributed by atoms with Crippen LogP contribution in [-0.2, 0) is 43.2 Å². The van der Waals surface area contributed by atoms with E-state index in [-0.39, 0.29) is 23.7 Å². The zero-order chi connectivity index (χ0) is 26.9. The Morgan fingerprint density at radius 2 is 0.974 bits per heavy atom. The SMILES string of the molecule is C[C@H]1[C@@H](O[C@H]2O[C@@H]3OC4(C)CC[C@H]5[C@H](C)CC[C@@H]([C@H]2C)[C@@]35OO4)O[C@@H]2OC3(C)CC[C@H]4[C@H](C)CC[C@@H]1[C@@]24OO3. The van der Waals surface area contributed by atoms with E-state index >= 15 is 0 Å². The van der Waals surface area contributed by atoms with Crippen LogP contribution in [0.5, 0.6) is 0 Å². The van der Waals surface area contributed by atoms with Crippen LogP contribution in [0.15, 0.2) is 0 Å². The summed E-state index contributed by atoms with van der Waals surface area (Å²) in [4.78, 5) is 24.6. The third kappa shape index (κ3) is 3.45. The molecule has 2 spiro atoms. The molecule has 16 atom stereocenters. The zero-order valence-electron chi connectivity index (χ0n) is 24.3. The molecule has 39 heavy (non-hydrogen) atoms. The molecule has 9 heteroatoms. The maximum Gasteiger partial charge on any atom is 0.201 e. The average molecular weight is 551 g/mol. The maximum atomic E-state index is 6.85. The van der Waals surface area contributed by atoms with E-state index in [2.05, 4.69) is 27.7 Å². The Hall–Kier alpha value is -0.360. The van der Waals surface area contributed by atoms with Gasteiger partial charge in [-0.3, -0.25) is 0 Å². The molecule has 10 rings (SSSR count). The summed E-state index contributed by atoms with van der Waals surface area (Å²) in [6, 6.07) is 0. The maximum absolute atomic E-state index is 6.85. The van der Waals surface area contributed by atoms with Crippen LogP contribution in [0.4, 0.5) is 0 Å². The van der Waals surface area contributed by atoms with Gasteiger partial charge in [0.15, 0.2) is 36.4 Å². The average Bonchev–Trinajstić information content (AvgIpc) is 3.27. The summed E-state index contributed by atoms with van der Waals surface area (Å²) in [7, 11) is 0. The molecule has 9 nitrogen and oxygen atoms in total. The summed E-state index contributed by atoms with van der Waals surface area (Å²) in [5, 5.41) is 0. The number of hydrogen-bond acceptors (Lipinski definition) is 9. The smallest absolute Gasteiger partial charge is 0.201 e. The molecule has 0 aromatic heterocycles. The lowest BCUT2D eigenvalue weighted by Crippen LogP contribution is -2.72. The van der Waals surface area contributed by atoms with E-state index in [1.165, 1.54) is 0 Å². The van der Waals surface area contributed by atoms with Crippen molar-refractivity contribution in [1.29, 1.82) is 0 Å². The van der Waals surface area contributed by atoms with Gasteiger partial charge in [-0.15, -0.1) is 0 Å². The van der Waals surface area contributed by atoms with Crippen LogP contribution in [0.1, 0.15) is 92.9 Å². The third-order valence-electron chi connectivity index (χ3n) is 12.5. The summed E-state index contributed by atoms with van der Waals surface area (Å²) < 4.78 is 33.4. The van der Waals surface area contributed by atoms with Crippen molar-refractivity contribution in [2.45, 2.75) is 141 Å². The van der Waals surface area contributed by atoms with Crippen LogP contribution in [0.2, 0.25) is 0 Å². The number of ether oxygens (including phenoxy) is 5. The minimum atomic E-state index is -0.808. The molecular formula is C30H46O9. The van der Waals surface area contributed by atoms with Crippen LogP contribution in [0.3, 0.4) is 0 Å². The highest BCUT2D eigenvalue weighted by Gasteiger charge is 2.72. The lowest BCUT2D eigenvalue weighted by molar-refractivity contribution is -0.590. The monoisotopic (exact) mass is 550 g/mol. The largest absolute Gasteiger partial charge is 0.323 e. The molecule has 4 bridgehead atoms. The molecule has 0 radical (unpaired) electrons. The normalized spacial score (nSPS) is 63.5. The van der Waals surface area contributed by atoms with E-state index in [1.807, 2.05) is 13.8 Å². The van der Waals surface area contributed by atoms with Crippen molar-refractivity contribution >= 4 is 0 Å². The Kier molecular flexibility index (Phi) is 5.80. The van der Waals surface area contributed by atoms with Crippen molar-refractivity contribution in [2.75, 3.05) is 0 Å². The van der Waals surface area contributed by atoms with E-state index < -0.39 is 47.9 Å².